The van der Waals surface area contributed by atoms with Crippen molar-refractivity contribution in [1.82, 2.24) is 10.2 Å². The standard InChI is InChI=1S/C34H42N4O3/c1-24-8-6-9-25(2)33(24)34(39)36-17-14-26(3)37-18-15-29(16-19-37)38(23-28-11-7-10-27(20-28)22-35)30-12-13-31(40-4)32(21-30)41-5/h6-13,20-21,26,29H,14-19,23H2,1-5H3,(H,36,39). The number of rotatable bonds is 11. The van der Waals surface area contributed by atoms with Crippen molar-refractivity contribution in [3.63, 3.8) is 0 Å². The number of hydrogen-bond acceptors (Lipinski definition) is 6. The number of anilines is 1. The Morgan fingerprint density at radius 2 is 1.71 bits per heavy atom. The van der Waals surface area contributed by atoms with E-state index in [1.54, 1.807) is 14.2 Å². The van der Waals surface area contributed by atoms with E-state index in [-0.39, 0.29) is 5.91 Å². The van der Waals surface area contributed by atoms with Gasteiger partial charge in [0.2, 0.25) is 0 Å². The summed E-state index contributed by atoms with van der Waals surface area (Å²) in [6.45, 7) is 9.55. The normalized spacial score (nSPS) is 14.6. The third kappa shape index (κ3) is 7.39. The Hall–Kier alpha value is -4.02. The van der Waals surface area contributed by atoms with Crippen LogP contribution in [0.1, 0.15) is 58.8 Å². The zero-order valence-corrected chi connectivity index (χ0v) is 24.9. The number of amides is 1. The predicted octanol–water partition coefficient (Wildman–Crippen LogP) is 5.87. The first-order valence-corrected chi connectivity index (χ1v) is 14.4. The largest absolute Gasteiger partial charge is 0.493 e. The molecule has 1 saturated heterocycles. The summed E-state index contributed by atoms with van der Waals surface area (Å²) in [6.07, 6.45) is 2.94. The van der Waals surface area contributed by atoms with E-state index in [0.717, 1.165) is 60.3 Å². The number of carbonyl (C=O) groups is 1. The Balaban J connectivity index is 1.40. The number of methoxy groups -OCH3 is 2. The number of likely N-dealkylation sites (tertiary alicyclic amines) is 1. The molecule has 1 heterocycles. The fraction of sp³-hybridized carbons (Fsp3) is 0.412. The van der Waals surface area contributed by atoms with E-state index in [0.29, 0.717) is 42.2 Å². The summed E-state index contributed by atoms with van der Waals surface area (Å²) in [5.41, 5.74) is 5.66. The van der Waals surface area contributed by atoms with Crippen LogP contribution in [0.4, 0.5) is 5.69 Å². The van der Waals surface area contributed by atoms with Gasteiger partial charge in [-0.3, -0.25) is 4.79 Å². The monoisotopic (exact) mass is 554 g/mol. The molecule has 3 aromatic carbocycles. The van der Waals surface area contributed by atoms with Crippen molar-refractivity contribution >= 4 is 11.6 Å². The van der Waals surface area contributed by atoms with E-state index in [1.807, 2.05) is 62.4 Å². The Kier molecular flexibility index (Phi) is 10.3. The summed E-state index contributed by atoms with van der Waals surface area (Å²) in [4.78, 5) is 17.8. The Bertz CT molecular complexity index is 1350. The van der Waals surface area contributed by atoms with Crippen LogP contribution in [0.2, 0.25) is 0 Å². The first-order valence-electron chi connectivity index (χ1n) is 14.4. The zero-order chi connectivity index (χ0) is 29.4. The summed E-state index contributed by atoms with van der Waals surface area (Å²) < 4.78 is 11.1. The summed E-state index contributed by atoms with van der Waals surface area (Å²) in [5.74, 6) is 1.42. The number of ether oxygens (including phenoxy) is 2. The molecule has 1 amide bonds. The third-order valence-electron chi connectivity index (χ3n) is 8.23. The summed E-state index contributed by atoms with van der Waals surface area (Å²) in [7, 11) is 3.31. The van der Waals surface area contributed by atoms with Gasteiger partial charge < -0.3 is 24.6 Å². The van der Waals surface area contributed by atoms with Gasteiger partial charge in [-0.15, -0.1) is 0 Å². The predicted molar refractivity (Wildman–Crippen MR) is 164 cm³/mol. The number of nitrogens with zero attached hydrogens (tertiary/aromatic N) is 3. The SMILES string of the molecule is COc1ccc(N(Cc2cccc(C#N)c2)C2CCN(C(C)CCNC(=O)c3c(C)cccc3C)CC2)cc1OC. The second-order valence-corrected chi connectivity index (χ2v) is 10.9. The summed E-state index contributed by atoms with van der Waals surface area (Å²) in [6, 6.07) is 22.9. The number of aryl methyl sites for hydroxylation is 2. The van der Waals surface area contributed by atoms with E-state index in [9.17, 15) is 10.1 Å². The first kappa shape index (κ1) is 30.0. The van der Waals surface area contributed by atoms with Gasteiger partial charge >= 0.3 is 0 Å². The zero-order valence-electron chi connectivity index (χ0n) is 24.9. The lowest BCUT2D eigenvalue weighted by molar-refractivity contribution is 0.0944. The quantitative estimate of drug-likeness (QED) is 0.319. The number of carbonyl (C=O) groups excluding carboxylic acids is 1. The van der Waals surface area contributed by atoms with Crippen LogP contribution in [0.15, 0.2) is 60.7 Å². The maximum Gasteiger partial charge on any atom is 0.251 e. The van der Waals surface area contributed by atoms with E-state index >= 15 is 0 Å². The van der Waals surface area contributed by atoms with Gasteiger partial charge in [-0.2, -0.15) is 5.26 Å². The molecule has 0 bridgehead atoms. The molecule has 4 rings (SSSR count). The fourth-order valence-electron chi connectivity index (χ4n) is 5.85. The summed E-state index contributed by atoms with van der Waals surface area (Å²) in [5, 5.41) is 12.6. The van der Waals surface area contributed by atoms with E-state index < -0.39 is 0 Å². The van der Waals surface area contributed by atoms with E-state index in [4.69, 9.17) is 9.47 Å². The van der Waals surface area contributed by atoms with Crippen molar-refractivity contribution in [3.05, 3.63) is 88.5 Å². The summed E-state index contributed by atoms with van der Waals surface area (Å²) >= 11 is 0. The number of hydrogen-bond donors (Lipinski definition) is 1. The number of nitriles is 1. The molecule has 216 valence electrons. The molecule has 0 aliphatic carbocycles. The van der Waals surface area contributed by atoms with Crippen molar-refractivity contribution in [3.8, 4) is 17.6 Å². The lowest BCUT2D eigenvalue weighted by Gasteiger charge is -2.42. The van der Waals surface area contributed by atoms with Gasteiger partial charge in [0.15, 0.2) is 11.5 Å². The first-order chi connectivity index (χ1) is 19.8. The molecular formula is C34H42N4O3. The van der Waals surface area contributed by atoms with E-state index in [1.165, 1.54) is 0 Å². The van der Waals surface area contributed by atoms with Crippen LogP contribution in [0.25, 0.3) is 0 Å². The number of piperidine rings is 1. The van der Waals surface area contributed by atoms with Crippen LogP contribution in [-0.4, -0.2) is 56.7 Å². The van der Waals surface area contributed by atoms with Crippen LogP contribution in [0, 0.1) is 25.2 Å². The Morgan fingerprint density at radius 3 is 2.37 bits per heavy atom. The maximum atomic E-state index is 12.8. The fourth-order valence-corrected chi connectivity index (χ4v) is 5.85. The minimum atomic E-state index is 0.0116. The highest BCUT2D eigenvalue weighted by Gasteiger charge is 2.28. The van der Waals surface area contributed by atoms with Crippen molar-refractivity contribution in [2.24, 2.45) is 0 Å². The molecule has 1 fully saturated rings. The molecule has 0 saturated carbocycles. The molecule has 7 heteroatoms. The number of benzene rings is 3. The molecule has 1 N–H and O–H groups in total. The van der Waals surface area contributed by atoms with E-state index in [2.05, 4.69) is 40.2 Å². The highest BCUT2D eigenvalue weighted by atomic mass is 16.5. The second-order valence-electron chi connectivity index (χ2n) is 10.9. The molecule has 3 aromatic rings. The molecule has 1 atom stereocenters. The molecule has 1 aliphatic heterocycles. The van der Waals surface area contributed by atoms with Gasteiger partial charge in [0, 0.05) is 55.6 Å². The van der Waals surface area contributed by atoms with Gasteiger partial charge in [-0.05, 0) is 81.0 Å². The molecule has 1 unspecified atom stereocenters. The molecule has 1 aliphatic rings. The second kappa shape index (κ2) is 14.0. The van der Waals surface area contributed by atoms with Crippen molar-refractivity contribution in [2.45, 2.75) is 58.7 Å². The maximum absolute atomic E-state index is 12.8. The van der Waals surface area contributed by atoms with Gasteiger partial charge in [0.25, 0.3) is 5.91 Å². The van der Waals surface area contributed by atoms with Crippen LogP contribution >= 0.6 is 0 Å². The number of nitrogens with one attached hydrogen (secondary N) is 1. The molecule has 7 nitrogen and oxygen atoms in total. The van der Waals surface area contributed by atoms with Crippen LogP contribution in [0.3, 0.4) is 0 Å². The smallest absolute Gasteiger partial charge is 0.251 e. The van der Waals surface area contributed by atoms with Crippen molar-refractivity contribution < 1.29 is 14.3 Å². The highest BCUT2D eigenvalue weighted by Crippen LogP contribution is 2.35. The average molecular weight is 555 g/mol. The third-order valence-corrected chi connectivity index (χ3v) is 8.23. The Morgan fingerprint density at radius 1 is 1.02 bits per heavy atom. The minimum absolute atomic E-state index is 0.0116. The molecule has 0 spiro atoms. The topological polar surface area (TPSA) is 77.8 Å². The van der Waals surface area contributed by atoms with Crippen molar-refractivity contribution in [2.75, 3.05) is 38.8 Å². The lowest BCUT2D eigenvalue weighted by atomic mass is 9.98. The van der Waals surface area contributed by atoms with Crippen molar-refractivity contribution in [1.29, 1.82) is 5.26 Å². The molecular weight excluding hydrogens is 512 g/mol. The van der Waals surface area contributed by atoms with Gasteiger partial charge in [0.1, 0.15) is 0 Å². The molecule has 41 heavy (non-hydrogen) atoms. The highest BCUT2D eigenvalue weighted by molar-refractivity contribution is 5.97. The van der Waals surface area contributed by atoms with Crippen LogP contribution in [0.5, 0.6) is 11.5 Å². The average Bonchev–Trinajstić information content (AvgIpc) is 2.99. The van der Waals surface area contributed by atoms with Gasteiger partial charge in [0.05, 0.1) is 25.9 Å². The molecule has 0 aromatic heterocycles. The molecule has 0 radical (unpaired) electrons. The minimum Gasteiger partial charge on any atom is -0.493 e. The van der Waals surface area contributed by atoms with Gasteiger partial charge in [-0.1, -0.05) is 30.3 Å². The van der Waals surface area contributed by atoms with Crippen LogP contribution < -0.4 is 19.7 Å². The van der Waals surface area contributed by atoms with Gasteiger partial charge in [-0.25, -0.2) is 0 Å². The lowest BCUT2D eigenvalue weighted by Crippen LogP contribution is -2.48. The van der Waals surface area contributed by atoms with Crippen LogP contribution in [-0.2, 0) is 6.54 Å². The Labute approximate surface area is 244 Å².